The molecule has 2 aliphatic carbocycles. The van der Waals surface area contributed by atoms with E-state index in [-0.39, 0.29) is 27.0 Å². The van der Waals surface area contributed by atoms with Crippen LogP contribution in [0.1, 0.15) is 51.5 Å². The van der Waals surface area contributed by atoms with Gasteiger partial charge >= 0.3 is 6.03 Å². The molecule has 0 spiro atoms. The predicted octanol–water partition coefficient (Wildman–Crippen LogP) is 3.81. The molecule has 5 nitrogen and oxygen atoms in total. The molecule has 2 fully saturated rings. The van der Waals surface area contributed by atoms with E-state index in [9.17, 15) is 13.6 Å². The van der Waals surface area contributed by atoms with Crippen LogP contribution in [0.25, 0.3) is 0 Å². The van der Waals surface area contributed by atoms with Crippen LogP contribution in [0, 0.1) is 16.7 Å². The highest BCUT2D eigenvalue weighted by Gasteiger charge is 2.61. The minimum absolute atomic E-state index is 0.0737. The molecule has 1 heterocycles. The monoisotopic (exact) mass is 330 g/mol. The number of halogens is 2. The lowest BCUT2D eigenvalue weighted by molar-refractivity contribution is 0.125. The van der Waals surface area contributed by atoms with E-state index in [1.807, 2.05) is 0 Å². The molecule has 2 amide bonds. The first-order valence-corrected chi connectivity index (χ1v) is 8.25. The number of fused-ring (bicyclic) bond motifs is 2. The number of anilines is 1. The van der Waals surface area contributed by atoms with Gasteiger partial charge in [0.1, 0.15) is 0 Å². The Kier molecular flexibility index (Phi) is 3.62. The van der Waals surface area contributed by atoms with E-state index in [4.69, 9.17) is 0 Å². The van der Waals surface area contributed by atoms with Crippen molar-refractivity contribution in [3.8, 4) is 0 Å². The quantitative estimate of drug-likeness (QED) is 0.885. The Morgan fingerprint density at radius 1 is 1.36 bits per heavy atom. The zero-order chi connectivity index (χ0) is 16.1. The van der Waals surface area contributed by atoms with Crippen molar-refractivity contribution in [3.63, 3.8) is 0 Å². The minimum atomic E-state index is -2.67. The first-order chi connectivity index (χ1) is 10.2. The lowest BCUT2D eigenvalue weighted by atomic mass is 9.69. The molecule has 2 N–H and O–H groups in total. The third-order valence-corrected chi connectivity index (χ3v) is 6.79. The summed E-state index contributed by atoms with van der Waals surface area (Å²) < 4.78 is 24.9. The third-order valence-electron chi connectivity index (χ3n) is 5.95. The van der Waals surface area contributed by atoms with Crippen LogP contribution >= 0.6 is 11.3 Å². The van der Waals surface area contributed by atoms with Gasteiger partial charge in [-0.05, 0) is 36.0 Å². The van der Waals surface area contributed by atoms with Gasteiger partial charge in [-0.2, -0.15) is 0 Å². The smallest absolute Gasteiger partial charge is 0.321 e. The van der Waals surface area contributed by atoms with E-state index in [2.05, 4.69) is 41.6 Å². The fraction of sp³-hybridized carbons (Fsp3) is 0.786. The summed E-state index contributed by atoms with van der Waals surface area (Å²) in [5.74, 6) is 0.620. The molecule has 0 saturated heterocycles. The Morgan fingerprint density at radius 3 is 2.59 bits per heavy atom. The summed E-state index contributed by atoms with van der Waals surface area (Å²) in [4.78, 5) is 12.1. The van der Waals surface area contributed by atoms with Crippen molar-refractivity contribution < 1.29 is 13.6 Å². The number of nitrogens with one attached hydrogen (secondary N) is 2. The summed E-state index contributed by atoms with van der Waals surface area (Å²) in [6, 6.07) is -0.296. The number of amides is 2. The van der Waals surface area contributed by atoms with Crippen LogP contribution in [0.2, 0.25) is 0 Å². The molecule has 0 radical (unpaired) electrons. The molecule has 3 rings (SSSR count). The van der Waals surface area contributed by atoms with Crippen LogP contribution < -0.4 is 10.6 Å². The van der Waals surface area contributed by atoms with Crippen molar-refractivity contribution >= 4 is 22.5 Å². The van der Waals surface area contributed by atoms with Crippen molar-refractivity contribution in [3.05, 3.63) is 5.01 Å². The maximum absolute atomic E-state index is 12.5. The number of carbonyl (C=O) groups is 1. The minimum Gasteiger partial charge on any atom is -0.334 e. The Labute approximate surface area is 131 Å². The van der Waals surface area contributed by atoms with E-state index >= 15 is 0 Å². The average Bonchev–Trinajstić information content (AvgIpc) is 3.01. The van der Waals surface area contributed by atoms with E-state index in [1.54, 1.807) is 0 Å². The Balaban J connectivity index is 1.63. The Morgan fingerprint density at radius 2 is 2.09 bits per heavy atom. The fourth-order valence-corrected chi connectivity index (χ4v) is 4.68. The number of nitrogens with zero attached hydrogens (tertiary/aromatic N) is 2. The van der Waals surface area contributed by atoms with Gasteiger partial charge in [0, 0.05) is 6.04 Å². The van der Waals surface area contributed by atoms with Gasteiger partial charge in [-0.1, -0.05) is 32.1 Å². The molecule has 22 heavy (non-hydrogen) atoms. The topological polar surface area (TPSA) is 66.9 Å². The number of rotatable bonds is 3. The second kappa shape index (κ2) is 5.11. The van der Waals surface area contributed by atoms with Crippen LogP contribution in [-0.2, 0) is 0 Å². The summed E-state index contributed by atoms with van der Waals surface area (Å²) in [5, 5.41) is 12.1. The number of aromatic nitrogens is 2. The summed E-state index contributed by atoms with van der Waals surface area (Å²) in [6.45, 7) is 6.76. The largest absolute Gasteiger partial charge is 0.334 e. The van der Waals surface area contributed by atoms with Crippen LogP contribution in [0.5, 0.6) is 0 Å². The first-order valence-electron chi connectivity index (χ1n) is 7.43. The van der Waals surface area contributed by atoms with Gasteiger partial charge in [-0.25, -0.2) is 13.6 Å². The van der Waals surface area contributed by atoms with Gasteiger partial charge in [0.05, 0.1) is 0 Å². The zero-order valence-electron chi connectivity index (χ0n) is 12.8. The van der Waals surface area contributed by atoms with Gasteiger partial charge in [-0.3, -0.25) is 5.32 Å². The van der Waals surface area contributed by atoms with Crippen molar-refractivity contribution in [1.29, 1.82) is 0 Å². The maximum atomic E-state index is 12.5. The molecule has 8 heteroatoms. The number of hydrogen-bond acceptors (Lipinski definition) is 4. The molecule has 1 aromatic rings. The summed E-state index contributed by atoms with van der Waals surface area (Å²) in [7, 11) is 0. The Hall–Kier alpha value is -1.31. The van der Waals surface area contributed by atoms with Crippen LogP contribution in [0.15, 0.2) is 0 Å². The van der Waals surface area contributed by atoms with E-state index in [1.165, 1.54) is 6.42 Å². The SMILES string of the molecule is CC1(C)[C@H]2CC[C@@]1(C)[C@@H](NC(=O)Nc1nnc(C(F)F)s1)C2. The molecule has 0 aromatic carbocycles. The van der Waals surface area contributed by atoms with E-state index < -0.39 is 12.5 Å². The van der Waals surface area contributed by atoms with Gasteiger partial charge < -0.3 is 5.32 Å². The summed E-state index contributed by atoms with van der Waals surface area (Å²) in [6.07, 6.45) is 0.609. The van der Waals surface area contributed by atoms with Crippen LogP contribution in [-0.4, -0.2) is 22.3 Å². The Bertz CT molecular complexity index is 591. The first kappa shape index (κ1) is 15.6. The highest BCUT2D eigenvalue weighted by Crippen LogP contribution is 2.65. The number of hydrogen-bond donors (Lipinski definition) is 2. The highest BCUT2D eigenvalue weighted by molar-refractivity contribution is 7.15. The molecule has 1 aromatic heterocycles. The fourth-order valence-electron chi connectivity index (χ4n) is 4.09. The third kappa shape index (κ3) is 2.28. The number of alkyl halides is 2. The van der Waals surface area contributed by atoms with Gasteiger partial charge in [-0.15, -0.1) is 10.2 Å². The molecule has 2 bridgehead atoms. The molecule has 3 atom stereocenters. The van der Waals surface area contributed by atoms with Crippen molar-refractivity contribution in [1.82, 2.24) is 15.5 Å². The normalized spacial score (nSPS) is 32.5. The molecule has 2 aliphatic rings. The summed E-state index contributed by atoms with van der Waals surface area (Å²) >= 11 is 0.697. The molecule has 2 saturated carbocycles. The van der Waals surface area contributed by atoms with E-state index in [0.29, 0.717) is 17.3 Å². The highest BCUT2D eigenvalue weighted by atomic mass is 32.1. The lowest BCUT2D eigenvalue weighted by Crippen LogP contribution is -2.48. The van der Waals surface area contributed by atoms with Gasteiger partial charge in [0.15, 0.2) is 5.01 Å². The zero-order valence-corrected chi connectivity index (χ0v) is 13.6. The van der Waals surface area contributed by atoms with Gasteiger partial charge in [0.25, 0.3) is 6.43 Å². The second-order valence-corrected chi connectivity index (χ2v) is 8.02. The molecular weight excluding hydrogens is 310 g/mol. The maximum Gasteiger partial charge on any atom is 0.321 e. The molecular formula is C14H20F2N4OS. The summed E-state index contributed by atoms with van der Waals surface area (Å²) in [5.41, 5.74) is 0.279. The molecule has 122 valence electrons. The number of carbonyl (C=O) groups excluding carboxylic acids is 1. The number of urea groups is 1. The average molecular weight is 330 g/mol. The van der Waals surface area contributed by atoms with Crippen LogP contribution in [0.4, 0.5) is 18.7 Å². The van der Waals surface area contributed by atoms with E-state index in [0.717, 1.165) is 12.8 Å². The van der Waals surface area contributed by atoms with Crippen molar-refractivity contribution in [2.75, 3.05) is 5.32 Å². The standard InChI is InChI=1S/C14H20F2N4OS/c1-13(2)7-4-5-14(13,3)8(6-7)17-11(21)18-12-20-19-10(22-12)9(15)16/h7-9H,4-6H2,1-3H3,(H2,17,18,20,21)/t7-,8-,14-/m0/s1. The lowest BCUT2D eigenvalue weighted by Gasteiger charge is -2.39. The predicted molar refractivity (Wildman–Crippen MR) is 80.0 cm³/mol. The van der Waals surface area contributed by atoms with Gasteiger partial charge in [0.2, 0.25) is 5.13 Å². The van der Waals surface area contributed by atoms with Crippen molar-refractivity contribution in [2.24, 2.45) is 16.7 Å². The van der Waals surface area contributed by atoms with Crippen LogP contribution in [0.3, 0.4) is 0 Å². The van der Waals surface area contributed by atoms with Crippen molar-refractivity contribution in [2.45, 2.75) is 52.5 Å². The molecule has 0 aliphatic heterocycles. The second-order valence-electron chi connectivity index (χ2n) is 7.01. The molecule has 0 unspecified atom stereocenters.